The van der Waals surface area contributed by atoms with Crippen LogP contribution < -0.4 is 10.5 Å². The highest BCUT2D eigenvalue weighted by Crippen LogP contribution is 2.24. The average molecular weight is 327 g/mol. The Labute approximate surface area is 115 Å². The van der Waals surface area contributed by atoms with Crippen molar-refractivity contribution in [1.82, 2.24) is 9.97 Å². The molecule has 0 amide bonds. The van der Waals surface area contributed by atoms with E-state index in [0.29, 0.717) is 4.47 Å². The number of rotatable bonds is 3. The summed E-state index contributed by atoms with van der Waals surface area (Å²) in [5, 5.41) is 11.3. The Kier molecular flexibility index (Phi) is 3.91. The molecule has 0 radical (unpaired) electrons. The number of nitrogens with zero attached hydrogens (tertiary/aromatic N) is 3. The number of ether oxygens (including phenoxy) is 1. The molecule has 0 aliphatic carbocycles. The van der Waals surface area contributed by atoms with Crippen molar-refractivity contribution in [1.29, 1.82) is 0 Å². The van der Waals surface area contributed by atoms with Crippen LogP contribution in [0.2, 0.25) is 0 Å². The molecule has 1 aromatic heterocycles. The highest BCUT2D eigenvalue weighted by Gasteiger charge is 2.06. The number of nitrogens with two attached hydrogens (primary N) is 1. The van der Waals surface area contributed by atoms with Gasteiger partial charge in [0.25, 0.3) is 0 Å². The molecule has 0 atom stereocenters. The second-order valence-electron chi connectivity index (χ2n) is 3.40. The third-order valence-corrected chi connectivity index (χ3v) is 2.75. The lowest BCUT2D eigenvalue weighted by Crippen LogP contribution is -2.15. The van der Waals surface area contributed by atoms with Gasteiger partial charge in [-0.05, 0) is 28.1 Å². The van der Waals surface area contributed by atoms with Gasteiger partial charge in [0.1, 0.15) is 17.3 Å². The molecule has 3 N–H and O–H groups in total. The van der Waals surface area contributed by atoms with E-state index < -0.39 is 5.82 Å². The molecule has 0 fully saturated rings. The van der Waals surface area contributed by atoms with E-state index in [0.717, 1.165) is 0 Å². The monoisotopic (exact) mass is 326 g/mol. The Morgan fingerprint density at radius 1 is 1.37 bits per heavy atom. The van der Waals surface area contributed by atoms with Gasteiger partial charge in [0, 0.05) is 6.07 Å². The van der Waals surface area contributed by atoms with Gasteiger partial charge in [-0.1, -0.05) is 5.16 Å². The molecule has 19 heavy (non-hydrogen) atoms. The Morgan fingerprint density at radius 3 is 2.74 bits per heavy atom. The molecule has 2 aromatic rings. The predicted molar refractivity (Wildman–Crippen MR) is 68.7 cm³/mol. The van der Waals surface area contributed by atoms with Gasteiger partial charge in [-0.2, -0.15) is 0 Å². The molecule has 0 aliphatic heterocycles. The van der Waals surface area contributed by atoms with Crippen molar-refractivity contribution in [3.05, 3.63) is 46.6 Å². The van der Waals surface area contributed by atoms with Crippen LogP contribution in [0, 0.1) is 5.82 Å². The molecule has 0 spiro atoms. The number of halogens is 2. The van der Waals surface area contributed by atoms with E-state index in [1.807, 2.05) is 0 Å². The summed E-state index contributed by atoms with van der Waals surface area (Å²) in [4.78, 5) is 7.78. The summed E-state index contributed by atoms with van der Waals surface area (Å²) in [7, 11) is 0. The molecule has 0 saturated carbocycles. The Hall–Kier alpha value is -2.22. The van der Waals surface area contributed by atoms with Crippen LogP contribution in [0.4, 0.5) is 4.39 Å². The zero-order chi connectivity index (χ0) is 13.8. The summed E-state index contributed by atoms with van der Waals surface area (Å²) in [6, 6.07) is 4.30. The summed E-state index contributed by atoms with van der Waals surface area (Å²) >= 11 is 3.04. The Balaban J connectivity index is 2.17. The molecule has 0 unspecified atom stereocenters. The summed E-state index contributed by atoms with van der Waals surface area (Å²) in [6.45, 7) is 0. The quantitative estimate of drug-likeness (QED) is 0.390. The highest BCUT2D eigenvalue weighted by molar-refractivity contribution is 9.10. The second kappa shape index (κ2) is 5.61. The maximum Gasteiger partial charge on any atom is 0.237 e. The molecule has 2 rings (SSSR count). The number of hydrogen-bond acceptors (Lipinski definition) is 5. The van der Waals surface area contributed by atoms with E-state index >= 15 is 0 Å². The van der Waals surface area contributed by atoms with Crippen molar-refractivity contribution in [3.63, 3.8) is 0 Å². The third-order valence-electron chi connectivity index (χ3n) is 2.11. The lowest BCUT2D eigenvalue weighted by Gasteiger charge is -2.05. The minimum Gasteiger partial charge on any atom is -0.437 e. The Bertz CT molecular complexity index is 619. The lowest BCUT2D eigenvalue weighted by molar-refractivity contribution is 0.318. The van der Waals surface area contributed by atoms with Crippen LogP contribution in [-0.4, -0.2) is 21.0 Å². The maximum absolute atomic E-state index is 13.3. The summed E-state index contributed by atoms with van der Waals surface area (Å²) < 4.78 is 18.9. The topological polar surface area (TPSA) is 93.6 Å². The van der Waals surface area contributed by atoms with Gasteiger partial charge in [0.2, 0.25) is 5.88 Å². The van der Waals surface area contributed by atoms with E-state index in [-0.39, 0.29) is 23.2 Å². The number of hydrogen-bond donors (Lipinski definition) is 2. The average Bonchev–Trinajstić information content (AvgIpc) is 2.43. The van der Waals surface area contributed by atoms with Crippen molar-refractivity contribution in [2.75, 3.05) is 0 Å². The van der Waals surface area contributed by atoms with Crippen LogP contribution in [0.15, 0.2) is 40.2 Å². The van der Waals surface area contributed by atoms with Gasteiger partial charge < -0.3 is 15.7 Å². The molecule has 1 aromatic carbocycles. The minimum absolute atomic E-state index is 0.159. The van der Waals surface area contributed by atoms with Gasteiger partial charge in [0.05, 0.1) is 16.9 Å². The standard InChI is InChI=1S/C11H8BrFN4O2/c12-7-2-1-6(3-8(7)13)19-10-5-15-9(4-16-10)11(14)17-18/h1-5,18H,(H2,14,17). The zero-order valence-electron chi connectivity index (χ0n) is 9.42. The lowest BCUT2D eigenvalue weighted by atomic mass is 10.3. The third kappa shape index (κ3) is 3.16. The minimum atomic E-state index is -0.446. The second-order valence-corrected chi connectivity index (χ2v) is 4.26. The molecule has 8 heteroatoms. The molecule has 98 valence electrons. The van der Waals surface area contributed by atoms with Crippen LogP contribution in [0.25, 0.3) is 0 Å². The normalized spacial score (nSPS) is 11.4. The first-order valence-electron chi connectivity index (χ1n) is 5.03. The van der Waals surface area contributed by atoms with Crippen LogP contribution in [0.5, 0.6) is 11.6 Å². The molecular weight excluding hydrogens is 319 g/mol. The number of oxime groups is 1. The van der Waals surface area contributed by atoms with Gasteiger partial charge in [-0.25, -0.2) is 14.4 Å². The summed E-state index contributed by atoms with van der Waals surface area (Å²) in [5.41, 5.74) is 5.54. The molecule has 1 heterocycles. The maximum atomic E-state index is 13.3. The fourth-order valence-corrected chi connectivity index (χ4v) is 1.46. The molecule has 6 nitrogen and oxygen atoms in total. The molecule has 0 aliphatic rings. The van der Waals surface area contributed by atoms with Crippen molar-refractivity contribution in [2.45, 2.75) is 0 Å². The zero-order valence-corrected chi connectivity index (χ0v) is 11.0. The van der Waals surface area contributed by atoms with E-state index in [9.17, 15) is 4.39 Å². The van der Waals surface area contributed by atoms with E-state index in [1.54, 1.807) is 6.07 Å². The fraction of sp³-hybridized carbons (Fsp3) is 0. The van der Waals surface area contributed by atoms with E-state index in [4.69, 9.17) is 15.7 Å². The number of amidine groups is 1. The largest absolute Gasteiger partial charge is 0.437 e. The van der Waals surface area contributed by atoms with Crippen molar-refractivity contribution >= 4 is 21.8 Å². The van der Waals surface area contributed by atoms with Crippen molar-refractivity contribution in [2.24, 2.45) is 10.9 Å². The summed E-state index contributed by atoms with van der Waals surface area (Å²) in [5.74, 6) is -0.157. The predicted octanol–water partition coefficient (Wildman–Crippen LogP) is 2.26. The number of benzene rings is 1. The Morgan fingerprint density at radius 2 is 2.16 bits per heavy atom. The first-order chi connectivity index (χ1) is 9.10. The van der Waals surface area contributed by atoms with Gasteiger partial charge in [-0.3, -0.25) is 0 Å². The van der Waals surface area contributed by atoms with Crippen LogP contribution in [-0.2, 0) is 0 Å². The van der Waals surface area contributed by atoms with Crippen molar-refractivity contribution < 1.29 is 14.3 Å². The number of aromatic nitrogens is 2. The first kappa shape index (κ1) is 13.2. The first-order valence-corrected chi connectivity index (χ1v) is 5.82. The van der Waals surface area contributed by atoms with Gasteiger partial charge in [0.15, 0.2) is 5.84 Å². The van der Waals surface area contributed by atoms with E-state index in [2.05, 4.69) is 31.1 Å². The van der Waals surface area contributed by atoms with Gasteiger partial charge >= 0.3 is 0 Å². The SMILES string of the molecule is NC(=NO)c1cnc(Oc2ccc(Br)c(F)c2)cn1. The molecular formula is C11H8BrFN4O2. The smallest absolute Gasteiger partial charge is 0.237 e. The molecule has 0 saturated heterocycles. The molecule has 0 bridgehead atoms. The van der Waals surface area contributed by atoms with Gasteiger partial charge in [-0.15, -0.1) is 0 Å². The fourth-order valence-electron chi connectivity index (χ4n) is 1.21. The van der Waals surface area contributed by atoms with Crippen LogP contribution in [0.3, 0.4) is 0 Å². The van der Waals surface area contributed by atoms with E-state index in [1.165, 1.54) is 24.5 Å². The highest BCUT2D eigenvalue weighted by atomic mass is 79.9. The summed E-state index contributed by atoms with van der Waals surface area (Å²) in [6.07, 6.45) is 2.56. The van der Waals surface area contributed by atoms with Crippen molar-refractivity contribution in [3.8, 4) is 11.6 Å². The van der Waals surface area contributed by atoms with Crippen LogP contribution in [0.1, 0.15) is 5.69 Å². The van der Waals surface area contributed by atoms with Crippen LogP contribution >= 0.6 is 15.9 Å².